The number of carbonyl (C=O) groups is 1. The fourth-order valence-electron chi connectivity index (χ4n) is 2.57. The Bertz CT molecular complexity index is 773. The van der Waals surface area contributed by atoms with Gasteiger partial charge in [-0.1, -0.05) is 31.5 Å². The highest BCUT2D eigenvalue weighted by Crippen LogP contribution is 2.23. The van der Waals surface area contributed by atoms with Crippen molar-refractivity contribution in [1.82, 2.24) is 13.9 Å². The first-order chi connectivity index (χ1) is 13.8. The number of rotatable bonds is 4. The molecule has 1 aromatic carbocycles. The number of methoxy groups -OCH3 is 1. The first-order valence-corrected chi connectivity index (χ1v) is 10.7. The van der Waals surface area contributed by atoms with Crippen LogP contribution in [0.2, 0.25) is 0 Å². The van der Waals surface area contributed by atoms with Crippen LogP contribution in [0, 0.1) is 18.7 Å². The topological polar surface area (TPSA) is 81.5 Å². The minimum atomic E-state index is -3.42. The van der Waals surface area contributed by atoms with E-state index in [1.54, 1.807) is 30.9 Å². The van der Waals surface area contributed by atoms with Gasteiger partial charge in [-0.2, -0.15) is 4.31 Å². The highest BCUT2D eigenvalue weighted by molar-refractivity contribution is 7.89. The smallest absolute Gasteiger partial charge is 0.262 e. The number of ether oxygens (including phenoxy) is 1. The molecule has 164 valence electrons. The van der Waals surface area contributed by atoms with Gasteiger partial charge in [-0.15, -0.1) is 0 Å². The maximum absolute atomic E-state index is 12.2. The third kappa shape index (κ3) is 8.84. The predicted molar refractivity (Wildman–Crippen MR) is 112 cm³/mol. The molecular weight excluding hydrogens is 397 g/mol. The summed E-state index contributed by atoms with van der Waals surface area (Å²) in [6.07, 6.45) is 3.87. The number of aromatic nitrogens is 2. The van der Waals surface area contributed by atoms with Gasteiger partial charge in [0.1, 0.15) is 12.6 Å². The van der Waals surface area contributed by atoms with E-state index in [0.29, 0.717) is 25.6 Å². The number of imidazole rings is 1. The molecule has 7 nitrogen and oxygen atoms in total. The van der Waals surface area contributed by atoms with Gasteiger partial charge >= 0.3 is 0 Å². The molecule has 0 amide bonds. The van der Waals surface area contributed by atoms with Crippen LogP contribution in [-0.4, -0.2) is 55.9 Å². The summed E-state index contributed by atoms with van der Waals surface area (Å²) in [6, 6.07) is 6.40. The molecular formula is C20H32FN3O4S. The number of hydrogen-bond acceptors (Lipinski definition) is 5. The molecule has 0 N–H and O–H groups in total. The fourth-order valence-corrected chi connectivity index (χ4v) is 4.07. The summed E-state index contributed by atoms with van der Waals surface area (Å²) < 4.78 is 44.7. The Hall–Kier alpha value is -2.10. The number of nitrogens with zero attached hydrogens (tertiary/aromatic N) is 3. The van der Waals surface area contributed by atoms with Crippen LogP contribution in [0.1, 0.15) is 25.8 Å². The van der Waals surface area contributed by atoms with E-state index in [0.717, 1.165) is 12.0 Å². The number of hydrogen-bond donors (Lipinski definition) is 0. The van der Waals surface area contributed by atoms with E-state index in [2.05, 4.69) is 4.98 Å². The Kier molecular flexibility index (Phi) is 13.0. The van der Waals surface area contributed by atoms with Gasteiger partial charge in [0, 0.05) is 33.4 Å². The normalized spacial score (nSPS) is 15.9. The molecule has 0 saturated carbocycles. The van der Waals surface area contributed by atoms with Crippen LogP contribution in [0.25, 0.3) is 0 Å². The Morgan fingerprint density at radius 2 is 1.83 bits per heavy atom. The summed E-state index contributed by atoms with van der Waals surface area (Å²) >= 11 is 0. The van der Waals surface area contributed by atoms with E-state index >= 15 is 0 Å². The summed E-state index contributed by atoms with van der Waals surface area (Å²) in [5, 5.41) is 0.123. The summed E-state index contributed by atoms with van der Waals surface area (Å²) in [5.74, 6) is 0.120. The van der Waals surface area contributed by atoms with Crippen molar-refractivity contribution in [2.24, 2.45) is 13.0 Å². The van der Waals surface area contributed by atoms with Gasteiger partial charge in [-0.05, 0) is 31.4 Å². The second-order valence-electron chi connectivity index (χ2n) is 6.15. The lowest BCUT2D eigenvalue weighted by molar-refractivity contribution is -0.0980. The lowest BCUT2D eigenvalue weighted by Crippen LogP contribution is -2.29. The van der Waals surface area contributed by atoms with Crippen LogP contribution >= 0.6 is 0 Å². The van der Waals surface area contributed by atoms with Gasteiger partial charge in [0.2, 0.25) is 0 Å². The molecule has 2 heterocycles. The van der Waals surface area contributed by atoms with Gasteiger partial charge in [0.25, 0.3) is 10.0 Å². The highest BCUT2D eigenvalue weighted by Gasteiger charge is 2.33. The third-order valence-corrected chi connectivity index (χ3v) is 5.70. The minimum absolute atomic E-state index is 0.123. The zero-order valence-corrected chi connectivity index (χ0v) is 18.7. The molecule has 1 aliphatic rings. The molecule has 0 radical (unpaired) electrons. The SMILES string of the molecule is C=O.CC.COCC1CCN(S(=O)(=O)c2cn(C)cn2)C1.Cc1ccc(F)cc1. The first-order valence-electron chi connectivity index (χ1n) is 9.31. The van der Waals surface area contributed by atoms with Crippen molar-refractivity contribution >= 4 is 16.8 Å². The average Bonchev–Trinajstić information content (AvgIpc) is 3.38. The van der Waals surface area contributed by atoms with Crippen LogP contribution in [0.5, 0.6) is 0 Å². The van der Waals surface area contributed by atoms with Gasteiger partial charge in [-0.3, -0.25) is 0 Å². The van der Waals surface area contributed by atoms with Crippen molar-refractivity contribution in [2.75, 3.05) is 26.8 Å². The Labute approximate surface area is 173 Å². The molecule has 1 fully saturated rings. The molecule has 0 bridgehead atoms. The molecule has 29 heavy (non-hydrogen) atoms. The summed E-state index contributed by atoms with van der Waals surface area (Å²) in [5.41, 5.74) is 1.09. The lowest BCUT2D eigenvalue weighted by Gasteiger charge is -2.14. The zero-order valence-electron chi connectivity index (χ0n) is 17.8. The largest absolute Gasteiger partial charge is 0.384 e. The molecule has 0 spiro atoms. The minimum Gasteiger partial charge on any atom is -0.384 e. The molecule has 9 heteroatoms. The van der Waals surface area contributed by atoms with Crippen molar-refractivity contribution in [3.8, 4) is 0 Å². The van der Waals surface area contributed by atoms with Crippen LogP contribution in [0.15, 0.2) is 41.8 Å². The molecule has 1 saturated heterocycles. The number of aryl methyl sites for hydroxylation is 2. The van der Waals surface area contributed by atoms with E-state index in [4.69, 9.17) is 9.53 Å². The van der Waals surface area contributed by atoms with E-state index in [-0.39, 0.29) is 10.8 Å². The van der Waals surface area contributed by atoms with E-state index in [1.165, 1.54) is 29.0 Å². The molecule has 1 unspecified atom stereocenters. The molecule has 1 aliphatic heterocycles. The van der Waals surface area contributed by atoms with Crippen LogP contribution < -0.4 is 0 Å². The Balaban J connectivity index is 0.000000547. The van der Waals surface area contributed by atoms with E-state index < -0.39 is 10.0 Å². The lowest BCUT2D eigenvalue weighted by atomic mass is 10.1. The maximum Gasteiger partial charge on any atom is 0.262 e. The van der Waals surface area contributed by atoms with Gasteiger partial charge in [0.05, 0.1) is 12.9 Å². The molecule has 1 atom stereocenters. The molecule has 2 aromatic rings. The summed E-state index contributed by atoms with van der Waals surface area (Å²) in [6.45, 7) is 9.60. The number of carbonyl (C=O) groups excluding carboxylic acids is 1. The quantitative estimate of drug-likeness (QED) is 0.746. The number of sulfonamides is 1. The van der Waals surface area contributed by atoms with E-state index in [1.807, 2.05) is 27.6 Å². The van der Waals surface area contributed by atoms with Crippen LogP contribution in [-0.2, 0) is 26.6 Å². The average molecular weight is 430 g/mol. The van der Waals surface area contributed by atoms with Gasteiger partial charge in [0.15, 0.2) is 5.03 Å². The summed E-state index contributed by atoms with van der Waals surface area (Å²) in [4.78, 5) is 11.9. The van der Waals surface area contributed by atoms with Crippen LogP contribution in [0.4, 0.5) is 4.39 Å². The van der Waals surface area contributed by atoms with Crippen molar-refractivity contribution in [1.29, 1.82) is 0 Å². The third-order valence-electron chi connectivity index (χ3n) is 3.95. The Morgan fingerprint density at radius 3 is 2.28 bits per heavy atom. The number of halogens is 1. The second kappa shape index (κ2) is 14.0. The maximum atomic E-state index is 12.2. The number of benzene rings is 1. The predicted octanol–water partition coefficient (Wildman–Crippen LogP) is 3.05. The molecule has 0 aliphatic carbocycles. The van der Waals surface area contributed by atoms with Crippen molar-refractivity contribution in [2.45, 2.75) is 32.2 Å². The summed E-state index contributed by atoms with van der Waals surface area (Å²) in [7, 11) is -0.0347. The fraction of sp³-hybridized carbons (Fsp3) is 0.500. The van der Waals surface area contributed by atoms with Gasteiger partial charge in [-0.25, -0.2) is 17.8 Å². The van der Waals surface area contributed by atoms with Gasteiger partial charge < -0.3 is 14.1 Å². The van der Waals surface area contributed by atoms with Crippen molar-refractivity contribution < 1.29 is 22.3 Å². The monoisotopic (exact) mass is 429 g/mol. The van der Waals surface area contributed by atoms with Crippen molar-refractivity contribution in [3.63, 3.8) is 0 Å². The molecule has 3 rings (SSSR count). The standard InChI is InChI=1S/C10H17N3O3S.C7H7F.C2H6.CH2O/c1-12-6-10(11-8-12)17(14,15)13-4-3-9(5-13)7-16-2;1-6-2-4-7(8)5-3-6;2*1-2/h6,8-9H,3-5,7H2,1-2H3;2-5H,1H3;1-2H3;1H2. The zero-order chi connectivity index (χ0) is 22.4. The van der Waals surface area contributed by atoms with E-state index in [9.17, 15) is 12.8 Å². The Morgan fingerprint density at radius 1 is 1.24 bits per heavy atom. The molecule has 1 aromatic heterocycles. The first kappa shape index (κ1) is 26.9. The highest BCUT2D eigenvalue weighted by atomic mass is 32.2. The second-order valence-corrected chi connectivity index (χ2v) is 8.03. The van der Waals surface area contributed by atoms with Crippen molar-refractivity contribution in [3.05, 3.63) is 48.2 Å². The van der Waals surface area contributed by atoms with Crippen LogP contribution in [0.3, 0.4) is 0 Å².